The van der Waals surface area contributed by atoms with Gasteiger partial charge in [0.1, 0.15) is 0 Å². The Morgan fingerprint density at radius 1 is 1.50 bits per heavy atom. The van der Waals surface area contributed by atoms with Crippen LogP contribution in [0.4, 0.5) is 0 Å². The lowest BCUT2D eigenvalue weighted by Gasteiger charge is -2.22. The van der Waals surface area contributed by atoms with Crippen molar-refractivity contribution in [3.8, 4) is 0 Å². The van der Waals surface area contributed by atoms with Crippen molar-refractivity contribution in [2.45, 2.75) is 24.6 Å². The van der Waals surface area contributed by atoms with Gasteiger partial charge in [0.2, 0.25) is 10.0 Å². The fraction of sp³-hybridized carbons (Fsp3) is 0.857. The maximum Gasteiger partial charge on any atom is 0.216 e. The summed E-state index contributed by atoms with van der Waals surface area (Å²) in [6, 6.07) is 0. The summed E-state index contributed by atoms with van der Waals surface area (Å²) in [4.78, 5) is 0. The molecule has 2 heterocycles. The summed E-state index contributed by atoms with van der Waals surface area (Å²) in [5, 5.41) is 15.7. The third kappa shape index (κ3) is 2.74. The molecule has 8 nitrogen and oxygen atoms in total. The second-order valence-electron chi connectivity index (χ2n) is 3.66. The highest BCUT2D eigenvalue weighted by molar-refractivity contribution is 7.90. The number of hydrogen-bond donors (Lipinski definition) is 3. The average molecular weight is 246 g/mol. The number of hydrogen-bond acceptors (Lipinski definition) is 6. The molecular formula is C7H14N6O2S. The smallest absolute Gasteiger partial charge is 0.216 e. The summed E-state index contributed by atoms with van der Waals surface area (Å²) >= 11 is 0. The zero-order valence-electron chi connectivity index (χ0n) is 8.68. The van der Waals surface area contributed by atoms with E-state index in [9.17, 15) is 8.42 Å². The normalized spacial score (nSPS) is 22.1. The first kappa shape index (κ1) is 11.4. The van der Waals surface area contributed by atoms with Crippen LogP contribution in [-0.2, 0) is 16.6 Å². The van der Waals surface area contributed by atoms with Crippen LogP contribution in [0.3, 0.4) is 0 Å². The predicted octanol–water partition coefficient (Wildman–Crippen LogP) is -1.63. The van der Waals surface area contributed by atoms with Gasteiger partial charge in [-0.3, -0.25) is 0 Å². The maximum absolute atomic E-state index is 11.8. The number of nitrogens with zero attached hydrogens (tertiary/aromatic N) is 3. The van der Waals surface area contributed by atoms with E-state index in [4.69, 9.17) is 0 Å². The molecule has 1 aromatic rings. The van der Waals surface area contributed by atoms with E-state index in [1.807, 2.05) is 0 Å². The van der Waals surface area contributed by atoms with Crippen LogP contribution < -0.4 is 10.0 Å². The first-order chi connectivity index (χ1) is 7.68. The van der Waals surface area contributed by atoms with Crippen LogP contribution in [0.15, 0.2) is 0 Å². The zero-order chi connectivity index (χ0) is 11.4. The Bertz CT molecular complexity index is 410. The van der Waals surface area contributed by atoms with Gasteiger partial charge in [0.05, 0.1) is 11.8 Å². The second-order valence-corrected chi connectivity index (χ2v) is 5.71. The molecule has 1 atom stereocenters. The van der Waals surface area contributed by atoms with Gasteiger partial charge in [-0.2, -0.15) is 5.21 Å². The van der Waals surface area contributed by atoms with Crippen molar-refractivity contribution in [1.82, 2.24) is 30.7 Å². The molecule has 90 valence electrons. The molecule has 0 amide bonds. The van der Waals surface area contributed by atoms with Gasteiger partial charge in [-0.15, -0.1) is 10.2 Å². The summed E-state index contributed by atoms with van der Waals surface area (Å²) in [5.41, 5.74) is 0. The summed E-state index contributed by atoms with van der Waals surface area (Å²) in [5.74, 6) is 0.340. The van der Waals surface area contributed by atoms with Crippen molar-refractivity contribution >= 4 is 10.0 Å². The topological polar surface area (TPSA) is 113 Å². The highest BCUT2D eigenvalue weighted by Crippen LogP contribution is 2.10. The summed E-state index contributed by atoms with van der Waals surface area (Å²) < 4.78 is 26.2. The van der Waals surface area contributed by atoms with Gasteiger partial charge in [0.25, 0.3) is 0 Å². The van der Waals surface area contributed by atoms with Gasteiger partial charge in [0, 0.05) is 6.54 Å². The Balaban J connectivity index is 1.91. The molecule has 1 aromatic heterocycles. The molecule has 3 N–H and O–H groups in total. The Kier molecular flexibility index (Phi) is 3.46. The second kappa shape index (κ2) is 4.85. The number of aromatic nitrogens is 4. The van der Waals surface area contributed by atoms with E-state index in [0.29, 0.717) is 18.8 Å². The van der Waals surface area contributed by atoms with Gasteiger partial charge < -0.3 is 5.32 Å². The van der Waals surface area contributed by atoms with E-state index in [1.54, 1.807) is 0 Å². The van der Waals surface area contributed by atoms with E-state index in [1.165, 1.54) is 0 Å². The molecule has 0 aliphatic carbocycles. The molecule has 1 aliphatic rings. The van der Waals surface area contributed by atoms with Crippen LogP contribution in [-0.4, -0.2) is 47.4 Å². The summed E-state index contributed by atoms with van der Waals surface area (Å²) in [7, 11) is -3.29. The van der Waals surface area contributed by atoms with Crippen LogP contribution in [0.25, 0.3) is 0 Å². The number of rotatable bonds is 4. The average Bonchev–Trinajstić information content (AvgIpc) is 2.81. The predicted molar refractivity (Wildman–Crippen MR) is 55.8 cm³/mol. The van der Waals surface area contributed by atoms with E-state index < -0.39 is 10.0 Å². The molecule has 1 aliphatic heterocycles. The number of tetrazole rings is 1. The van der Waals surface area contributed by atoms with Crippen molar-refractivity contribution in [3.63, 3.8) is 0 Å². The van der Waals surface area contributed by atoms with Crippen molar-refractivity contribution in [1.29, 1.82) is 0 Å². The van der Waals surface area contributed by atoms with Gasteiger partial charge in [0.15, 0.2) is 5.82 Å². The Morgan fingerprint density at radius 2 is 2.38 bits per heavy atom. The van der Waals surface area contributed by atoms with Crippen LogP contribution in [0.5, 0.6) is 0 Å². The molecule has 0 spiro atoms. The van der Waals surface area contributed by atoms with E-state index >= 15 is 0 Å². The third-order valence-corrected chi connectivity index (χ3v) is 4.34. The lowest BCUT2D eigenvalue weighted by molar-refractivity contribution is 0.489. The first-order valence-corrected chi connectivity index (χ1v) is 6.64. The number of sulfonamides is 1. The SMILES string of the molecule is O=S(=O)(NCc1nn[nH]n1)C1CCCNC1. The summed E-state index contributed by atoms with van der Waals surface area (Å²) in [6.45, 7) is 1.47. The Hall–Kier alpha value is -1.06. The van der Waals surface area contributed by atoms with Crippen LogP contribution in [0.1, 0.15) is 18.7 Å². The molecule has 9 heteroatoms. The molecule has 0 bridgehead atoms. The largest absolute Gasteiger partial charge is 0.315 e. The lowest BCUT2D eigenvalue weighted by atomic mass is 10.2. The third-order valence-electron chi connectivity index (χ3n) is 2.51. The maximum atomic E-state index is 11.8. The Labute approximate surface area is 93.2 Å². The van der Waals surface area contributed by atoms with Crippen LogP contribution >= 0.6 is 0 Å². The number of aromatic amines is 1. The van der Waals surface area contributed by atoms with E-state index in [2.05, 4.69) is 30.7 Å². The highest BCUT2D eigenvalue weighted by Gasteiger charge is 2.26. The molecule has 1 unspecified atom stereocenters. The minimum absolute atomic E-state index is 0.0787. The van der Waals surface area contributed by atoms with Gasteiger partial charge in [-0.1, -0.05) is 5.21 Å². The van der Waals surface area contributed by atoms with Gasteiger partial charge >= 0.3 is 0 Å². The number of H-pyrrole nitrogens is 1. The molecule has 1 saturated heterocycles. The van der Waals surface area contributed by atoms with Gasteiger partial charge in [-0.05, 0) is 19.4 Å². The monoisotopic (exact) mass is 246 g/mol. The summed E-state index contributed by atoms with van der Waals surface area (Å²) in [6.07, 6.45) is 1.57. The molecule has 0 aromatic carbocycles. The van der Waals surface area contributed by atoms with E-state index in [-0.39, 0.29) is 11.8 Å². The fourth-order valence-corrected chi connectivity index (χ4v) is 3.01. The molecule has 0 saturated carbocycles. The molecule has 0 radical (unpaired) electrons. The standard InChI is InChI=1S/C7H14N6O2S/c14-16(15,6-2-1-3-8-4-6)9-5-7-10-12-13-11-7/h6,8-9H,1-5H2,(H,10,11,12,13). The minimum Gasteiger partial charge on any atom is -0.315 e. The van der Waals surface area contributed by atoms with Crippen LogP contribution in [0, 0.1) is 0 Å². The number of nitrogens with one attached hydrogen (secondary N) is 3. The minimum atomic E-state index is -3.29. The molecule has 1 fully saturated rings. The highest BCUT2D eigenvalue weighted by atomic mass is 32.2. The fourth-order valence-electron chi connectivity index (χ4n) is 1.63. The molecular weight excluding hydrogens is 232 g/mol. The quantitative estimate of drug-likeness (QED) is 0.588. The zero-order valence-corrected chi connectivity index (χ0v) is 9.50. The van der Waals surface area contributed by atoms with Crippen molar-refractivity contribution in [3.05, 3.63) is 5.82 Å². The van der Waals surface area contributed by atoms with Crippen molar-refractivity contribution < 1.29 is 8.42 Å². The van der Waals surface area contributed by atoms with Crippen LogP contribution in [0.2, 0.25) is 0 Å². The number of piperidine rings is 1. The first-order valence-electron chi connectivity index (χ1n) is 5.10. The van der Waals surface area contributed by atoms with E-state index in [0.717, 1.165) is 13.0 Å². The van der Waals surface area contributed by atoms with Crippen molar-refractivity contribution in [2.24, 2.45) is 0 Å². The lowest BCUT2D eigenvalue weighted by Crippen LogP contribution is -2.44. The molecule has 2 rings (SSSR count). The molecule has 16 heavy (non-hydrogen) atoms. The Morgan fingerprint density at radius 3 is 3.00 bits per heavy atom. The van der Waals surface area contributed by atoms with Gasteiger partial charge in [-0.25, -0.2) is 13.1 Å². The van der Waals surface area contributed by atoms with Crippen molar-refractivity contribution in [2.75, 3.05) is 13.1 Å².